The maximum Gasteiger partial charge on any atom is 0.335 e. The number of carbonyl (C=O) groups is 3. The van der Waals surface area contributed by atoms with Gasteiger partial charge in [-0.1, -0.05) is 17.7 Å². The van der Waals surface area contributed by atoms with Crippen molar-refractivity contribution in [3.05, 3.63) is 88.7 Å². The molecule has 0 spiro atoms. The van der Waals surface area contributed by atoms with Crippen LogP contribution in [-0.4, -0.2) is 32.6 Å². The minimum absolute atomic E-state index is 0.0333. The number of aromatic nitrogens is 1. The average molecular weight is 452 g/mol. The summed E-state index contributed by atoms with van der Waals surface area (Å²) < 4.78 is 1.73. The van der Waals surface area contributed by atoms with Crippen molar-refractivity contribution in [2.24, 2.45) is 0 Å². The van der Waals surface area contributed by atoms with Crippen molar-refractivity contribution < 1.29 is 19.5 Å². The van der Waals surface area contributed by atoms with Crippen molar-refractivity contribution in [2.75, 3.05) is 4.90 Å². The smallest absolute Gasteiger partial charge is 0.335 e. The molecule has 1 aliphatic rings. The number of halogens is 1. The molecule has 154 valence electrons. The highest BCUT2D eigenvalue weighted by atomic mass is 35.5. The molecule has 1 aromatic heterocycles. The van der Waals surface area contributed by atoms with Crippen LogP contribution in [0, 0.1) is 0 Å². The van der Waals surface area contributed by atoms with Crippen molar-refractivity contribution in [1.82, 2.24) is 9.88 Å². The van der Waals surface area contributed by atoms with E-state index in [1.165, 1.54) is 23.1 Å². The summed E-state index contributed by atoms with van der Waals surface area (Å²) >= 11 is 11.2. The first-order valence-electron chi connectivity index (χ1n) is 9.03. The third kappa shape index (κ3) is 3.98. The highest BCUT2D eigenvalue weighted by Gasteiger charge is 2.34. The molecule has 3 aromatic rings. The van der Waals surface area contributed by atoms with Gasteiger partial charge in [0.2, 0.25) is 0 Å². The van der Waals surface area contributed by atoms with Crippen LogP contribution >= 0.6 is 23.8 Å². The molecule has 0 aliphatic carbocycles. The zero-order valence-electron chi connectivity index (χ0n) is 15.8. The molecule has 0 radical (unpaired) electrons. The molecule has 2 amide bonds. The monoisotopic (exact) mass is 451 g/mol. The molecule has 0 unspecified atom stereocenters. The third-order valence-electron chi connectivity index (χ3n) is 4.63. The quantitative estimate of drug-likeness (QED) is 0.359. The van der Waals surface area contributed by atoms with Gasteiger partial charge in [0.05, 0.1) is 11.3 Å². The van der Waals surface area contributed by atoms with Gasteiger partial charge >= 0.3 is 5.97 Å². The van der Waals surface area contributed by atoms with Crippen molar-refractivity contribution in [3.63, 3.8) is 0 Å². The summed E-state index contributed by atoms with van der Waals surface area (Å²) in [5.74, 6) is -2.21. The summed E-state index contributed by atoms with van der Waals surface area (Å²) in [7, 11) is 0. The molecule has 1 saturated heterocycles. The Morgan fingerprint density at radius 1 is 1.03 bits per heavy atom. The van der Waals surface area contributed by atoms with Crippen LogP contribution in [0.3, 0.4) is 0 Å². The number of rotatable bonds is 4. The number of aromatic carboxylic acids is 1. The van der Waals surface area contributed by atoms with Gasteiger partial charge in [-0.2, -0.15) is 0 Å². The number of carboxylic acid groups (broad SMARTS) is 1. The van der Waals surface area contributed by atoms with Crippen molar-refractivity contribution in [2.45, 2.75) is 0 Å². The lowest BCUT2D eigenvalue weighted by atomic mass is 10.1. The number of hydrogen-bond acceptors (Lipinski definition) is 4. The number of amides is 2. The number of anilines is 1. The van der Waals surface area contributed by atoms with E-state index in [1.807, 2.05) is 0 Å². The van der Waals surface area contributed by atoms with Crippen LogP contribution in [0.5, 0.6) is 0 Å². The fourth-order valence-electron chi connectivity index (χ4n) is 3.17. The molecule has 4 rings (SSSR count). The number of nitrogens with zero attached hydrogens (tertiary/aromatic N) is 2. The summed E-state index contributed by atoms with van der Waals surface area (Å²) in [5, 5.41) is 12.0. The van der Waals surface area contributed by atoms with Crippen LogP contribution in [0.15, 0.2) is 72.4 Å². The van der Waals surface area contributed by atoms with Crippen LogP contribution in [0.4, 0.5) is 5.69 Å². The first kappa shape index (κ1) is 20.5. The third-order valence-corrected chi connectivity index (χ3v) is 5.15. The van der Waals surface area contributed by atoms with Gasteiger partial charge in [0.1, 0.15) is 5.57 Å². The Labute approximate surface area is 187 Å². The predicted octanol–water partition coefficient (Wildman–Crippen LogP) is 3.66. The molecule has 1 fully saturated rings. The molecule has 0 saturated carbocycles. The average Bonchev–Trinajstić information content (AvgIpc) is 3.19. The van der Waals surface area contributed by atoms with E-state index in [0.717, 1.165) is 0 Å². The minimum Gasteiger partial charge on any atom is -0.478 e. The normalized spacial score (nSPS) is 15.3. The van der Waals surface area contributed by atoms with E-state index >= 15 is 0 Å². The van der Waals surface area contributed by atoms with Crippen LogP contribution in [-0.2, 0) is 9.59 Å². The van der Waals surface area contributed by atoms with Gasteiger partial charge < -0.3 is 9.67 Å². The molecule has 0 atom stereocenters. The second kappa shape index (κ2) is 8.17. The van der Waals surface area contributed by atoms with Crippen LogP contribution in [0.1, 0.15) is 16.1 Å². The fraction of sp³-hybridized carbons (Fsp3) is 0. The molecular weight excluding hydrogens is 438 g/mol. The van der Waals surface area contributed by atoms with Crippen molar-refractivity contribution >= 4 is 58.5 Å². The Hall–Kier alpha value is -3.75. The number of carbonyl (C=O) groups excluding carboxylic acids is 2. The van der Waals surface area contributed by atoms with E-state index < -0.39 is 17.8 Å². The highest BCUT2D eigenvalue weighted by Crippen LogP contribution is 2.25. The Morgan fingerprint density at radius 2 is 1.77 bits per heavy atom. The maximum absolute atomic E-state index is 13.1. The minimum atomic E-state index is -1.03. The zero-order chi connectivity index (χ0) is 22.1. The first-order valence-corrected chi connectivity index (χ1v) is 9.82. The topological polar surface area (TPSA) is 91.6 Å². The highest BCUT2D eigenvalue weighted by molar-refractivity contribution is 7.80. The van der Waals surface area contributed by atoms with Gasteiger partial charge in [-0.3, -0.25) is 19.8 Å². The van der Waals surface area contributed by atoms with Crippen molar-refractivity contribution in [3.8, 4) is 5.69 Å². The number of hydrogen-bond donors (Lipinski definition) is 2. The SMILES string of the molecule is O=C1NC(=S)N(c2cccc(Cl)c2)C(=O)/C1=C/c1cccn1-c1ccc(C(=O)O)cc1. The summed E-state index contributed by atoms with van der Waals surface area (Å²) in [6, 6.07) is 16.3. The first-order chi connectivity index (χ1) is 14.8. The van der Waals surface area contributed by atoms with E-state index in [4.69, 9.17) is 28.9 Å². The van der Waals surface area contributed by atoms with Crippen LogP contribution in [0.25, 0.3) is 11.8 Å². The second-order valence-corrected chi connectivity index (χ2v) is 7.42. The van der Waals surface area contributed by atoms with Gasteiger partial charge in [0.25, 0.3) is 11.8 Å². The largest absolute Gasteiger partial charge is 0.478 e. The van der Waals surface area contributed by atoms with E-state index in [1.54, 1.807) is 59.3 Å². The summed E-state index contributed by atoms with van der Waals surface area (Å²) in [6.45, 7) is 0. The van der Waals surface area contributed by atoms with Gasteiger partial charge in [0, 0.05) is 22.6 Å². The second-order valence-electron chi connectivity index (χ2n) is 6.59. The Kier molecular flexibility index (Phi) is 5.41. The summed E-state index contributed by atoms with van der Waals surface area (Å²) in [6.07, 6.45) is 3.20. The molecule has 2 heterocycles. The molecule has 31 heavy (non-hydrogen) atoms. The summed E-state index contributed by atoms with van der Waals surface area (Å²) in [4.78, 5) is 38.0. The standard InChI is InChI=1S/C22H14ClN3O4S/c23-14-3-1-4-17(11-14)26-20(28)18(19(27)24-22(26)31)12-16-5-2-10-25(16)15-8-6-13(7-9-15)21(29)30/h1-12H,(H,29,30)(H,24,27,31)/b18-12+. The number of carboxylic acids is 1. The molecule has 2 N–H and O–H groups in total. The molecular formula is C22H14ClN3O4S. The van der Waals surface area contributed by atoms with E-state index in [-0.39, 0.29) is 16.2 Å². The maximum atomic E-state index is 13.1. The van der Waals surface area contributed by atoms with Crippen molar-refractivity contribution in [1.29, 1.82) is 0 Å². The summed E-state index contributed by atoms with van der Waals surface area (Å²) in [5.41, 5.74) is 1.72. The molecule has 7 nitrogen and oxygen atoms in total. The fourth-order valence-corrected chi connectivity index (χ4v) is 3.63. The lowest BCUT2D eigenvalue weighted by molar-refractivity contribution is -0.122. The van der Waals surface area contributed by atoms with E-state index in [0.29, 0.717) is 22.1 Å². The van der Waals surface area contributed by atoms with E-state index in [2.05, 4.69) is 5.32 Å². The zero-order valence-corrected chi connectivity index (χ0v) is 17.4. The van der Waals surface area contributed by atoms with Gasteiger partial charge in [0.15, 0.2) is 5.11 Å². The lowest BCUT2D eigenvalue weighted by Crippen LogP contribution is -2.54. The Morgan fingerprint density at radius 3 is 2.45 bits per heavy atom. The molecule has 0 bridgehead atoms. The molecule has 1 aliphatic heterocycles. The van der Waals surface area contributed by atoms with E-state index in [9.17, 15) is 14.4 Å². The van der Waals surface area contributed by atoms with Crippen LogP contribution < -0.4 is 10.2 Å². The Balaban J connectivity index is 1.72. The number of nitrogens with one attached hydrogen (secondary N) is 1. The lowest BCUT2D eigenvalue weighted by Gasteiger charge is -2.29. The van der Waals surface area contributed by atoms with Gasteiger partial charge in [-0.05, 0) is 72.9 Å². The predicted molar refractivity (Wildman–Crippen MR) is 120 cm³/mol. The Bertz CT molecular complexity index is 1260. The van der Waals surface area contributed by atoms with Gasteiger partial charge in [-0.15, -0.1) is 0 Å². The molecule has 9 heteroatoms. The van der Waals surface area contributed by atoms with Gasteiger partial charge in [-0.25, -0.2) is 4.79 Å². The molecule has 2 aromatic carbocycles. The number of benzene rings is 2. The van der Waals surface area contributed by atoms with Crippen LogP contribution in [0.2, 0.25) is 5.02 Å². The number of thiocarbonyl (C=S) groups is 1.